The van der Waals surface area contributed by atoms with E-state index in [1.807, 2.05) is 23.6 Å². The lowest BCUT2D eigenvalue weighted by Crippen LogP contribution is -2.02. The first kappa shape index (κ1) is 10.1. The summed E-state index contributed by atoms with van der Waals surface area (Å²) in [5.41, 5.74) is 2.19. The smallest absolute Gasteiger partial charge is 0.154 e. The van der Waals surface area contributed by atoms with Gasteiger partial charge in [-0.3, -0.25) is 0 Å². The van der Waals surface area contributed by atoms with E-state index in [2.05, 4.69) is 11.1 Å². The maximum absolute atomic E-state index is 5.86. The van der Waals surface area contributed by atoms with Crippen LogP contribution in [0, 0.1) is 0 Å². The van der Waals surface area contributed by atoms with Crippen LogP contribution in [0.1, 0.15) is 22.4 Å². The fraction of sp³-hybridized carbons (Fsp3) is 0.250. The average Bonchev–Trinajstić information content (AvgIpc) is 2.95. The van der Waals surface area contributed by atoms with Crippen molar-refractivity contribution in [3.05, 3.63) is 45.9 Å². The molecule has 0 saturated carbocycles. The van der Waals surface area contributed by atoms with E-state index in [1.54, 1.807) is 11.3 Å². The topological polar surface area (TPSA) is 22.1 Å². The summed E-state index contributed by atoms with van der Waals surface area (Å²) >= 11 is 7.36. The van der Waals surface area contributed by atoms with E-state index in [4.69, 9.17) is 16.3 Å². The molecule has 1 unspecified atom stereocenters. The predicted molar refractivity (Wildman–Crippen MR) is 65.2 cm³/mol. The fourth-order valence-corrected chi connectivity index (χ4v) is 2.93. The molecular weight excluding hydrogens is 242 g/mol. The Morgan fingerprint density at radius 2 is 2.31 bits per heavy atom. The molecule has 0 spiro atoms. The molecule has 0 radical (unpaired) electrons. The van der Waals surface area contributed by atoms with Crippen LogP contribution in [-0.2, 0) is 12.3 Å². The summed E-state index contributed by atoms with van der Waals surface area (Å²) in [6, 6.07) is 8.14. The Morgan fingerprint density at radius 3 is 3.06 bits per heavy atom. The lowest BCUT2D eigenvalue weighted by molar-refractivity contribution is 0.238. The summed E-state index contributed by atoms with van der Waals surface area (Å²) in [6.45, 7) is 0. The molecule has 16 heavy (non-hydrogen) atoms. The minimum atomic E-state index is 0.0689. The van der Waals surface area contributed by atoms with Gasteiger partial charge in [0.25, 0.3) is 0 Å². The summed E-state index contributed by atoms with van der Waals surface area (Å²) in [6.07, 6.45) is 0.977. The molecule has 1 aromatic carbocycles. The number of thiazole rings is 1. The molecule has 0 N–H and O–H groups in total. The van der Waals surface area contributed by atoms with Crippen LogP contribution in [0.3, 0.4) is 0 Å². The zero-order chi connectivity index (χ0) is 11.0. The number of aromatic nitrogens is 1. The van der Waals surface area contributed by atoms with Gasteiger partial charge in [0.05, 0.1) is 11.6 Å². The van der Waals surface area contributed by atoms with Gasteiger partial charge in [-0.15, -0.1) is 22.9 Å². The molecular formula is C12H10ClNOS. The van der Waals surface area contributed by atoms with Crippen LogP contribution in [0.15, 0.2) is 29.6 Å². The minimum absolute atomic E-state index is 0.0689. The van der Waals surface area contributed by atoms with Crippen molar-refractivity contribution < 1.29 is 4.74 Å². The maximum Gasteiger partial charge on any atom is 0.154 e. The van der Waals surface area contributed by atoms with Gasteiger partial charge in [-0.05, 0) is 11.6 Å². The number of para-hydroxylation sites is 1. The molecule has 1 aromatic heterocycles. The van der Waals surface area contributed by atoms with Gasteiger partial charge in [0.15, 0.2) is 6.10 Å². The Labute approximate surface area is 103 Å². The zero-order valence-corrected chi connectivity index (χ0v) is 10.1. The molecule has 0 fully saturated rings. The second-order valence-corrected chi connectivity index (χ2v) is 4.89. The monoisotopic (exact) mass is 251 g/mol. The molecule has 4 heteroatoms. The molecule has 2 aromatic rings. The SMILES string of the molecule is ClCc1csc(C2Cc3ccccc3O2)n1. The number of benzene rings is 1. The summed E-state index contributed by atoms with van der Waals surface area (Å²) in [4.78, 5) is 4.46. The van der Waals surface area contributed by atoms with Crippen molar-refractivity contribution >= 4 is 22.9 Å². The van der Waals surface area contributed by atoms with Crippen LogP contribution >= 0.6 is 22.9 Å². The first-order valence-electron chi connectivity index (χ1n) is 5.11. The zero-order valence-electron chi connectivity index (χ0n) is 8.52. The van der Waals surface area contributed by atoms with E-state index in [0.29, 0.717) is 5.88 Å². The number of alkyl halides is 1. The second kappa shape index (κ2) is 4.07. The summed E-state index contributed by atoms with van der Waals surface area (Å²) < 4.78 is 5.86. The normalized spacial score (nSPS) is 18.2. The van der Waals surface area contributed by atoms with Gasteiger partial charge >= 0.3 is 0 Å². The Morgan fingerprint density at radius 1 is 1.44 bits per heavy atom. The van der Waals surface area contributed by atoms with E-state index >= 15 is 0 Å². The van der Waals surface area contributed by atoms with Gasteiger partial charge in [0.2, 0.25) is 0 Å². The van der Waals surface area contributed by atoms with Crippen LogP contribution in [0.2, 0.25) is 0 Å². The molecule has 82 valence electrons. The van der Waals surface area contributed by atoms with Crippen molar-refractivity contribution in [3.63, 3.8) is 0 Å². The van der Waals surface area contributed by atoms with E-state index in [0.717, 1.165) is 22.9 Å². The fourth-order valence-electron chi connectivity index (χ4n) is 1.85. The number of nitrogens with zero attached hydrogens (tertiary/aromatic N) is 1. The Hall–Kier alpha value is -1.06. The third-order valence-corrected chi connectivity index (χ3v) is 3.89. The number of hydrogen-bond donors (Lipinski definition) is 0. The standard InChI is InChI=1S/C12H10ClNOS/c13-6-9-7-16-12(14-9)11-5-8-3-1-2-4-10(8)15-11/h1-4,7,11H,5-6H2. The number of ether oxygens (including phenoxy) is 1. The highest BCUT2D eigenvalue weighted by atomic mass is 35.5. The molecule has 3 rings (SSSR count). The van der Waals surface area contributed by atoms with Gasteiger partial charge < -0.3 is 4.74 Å². The van der Waals surface area contributed by atoms with Crippen LogP contribution in [0.4, 0.5) is 0 Å². The number of rotatable bonds is 2. The molecule has 2 heterocycles. The Kier molecular flexibility index (Phi) is 2.58. The first-order valence-corrected chi connectivity index (χ1v) is 6.53. The van der Waals surface area contributed by atoms with Crippen LogP contribution in [-0.4, -0.2) is 4.98 Å². The third kappa shape index (κ3) is 1.70. The molecule has 2 nitrogen and oxygen atoms in total. The highest BCUT2D eigenvalue weighted by molar-refractivity contribution is 7.09. The van der Waals surface area contributed by atoms with E-state index in [-0.39, 0.29) is 6.10 Å². The van der Waals surface area contributed by atoms with Crippen molar-refractivity contribution in [1.29, 1.82) is 0 Å². The third-order valence-electron chi connectivity index (χ3n) is 2.63. The lowest BCUT2D eigenvalue weighted by Gasteiger charge is -2.06. The van der Waals surface area contributed by atoms with Crippen LogP contribution < -0.4 is 4.74 Å². The second-order valence-electron chi connectivity index (χ2n) is 3.73. The number of hydrogen-bond acceptors (Lipinski definition) is 3. The average molecular weight is 252 g/mol. The van der Waals surface area contributed by atoms with Crippen molar-refractivity contribution in [2.24, 2.45) is 0 Å². The van der Waals surface area contributed by atoms with Crippen LogP contribution in [0.25, 0.3) is 0 Å². The van der Waals surface area contributed by atoms with Crippen LogP contribution in [0.5, 0.6) is 5.75 Å². The van der Waals surface area contributed by atoms with Gasteiger partial charge in [0, 0.05) is 11.8 Å². The van der Waals surface area contributed by atoms with E-state index < -0.39 is 0 Å². The Balaban J connectivity index is 1.85. The molecule has 0 aliphatic carbocycles. The molecule has 0 bridgehead atoms. The lowest BCUT2D eigenvalue weighted by atomic mass is 10.1. The Bertz CT molecular complexity index is 486. The molecule has 0 saturated heterocycles. The van der Waals surface area contributed by atoms with Gasteiger partial charge in [-0.1, -0.05) is 18.2 Å². The summed E-state index contributed by atoms with van der Waals surface area (Å²) in [5, 5.41) is 3.01. The molecule has 1 aliphatic rings. The summed E-state index contributed by atoms with van der Waals surface area (Å²) in [7, 11) is 0. The molecule has 0 amide bonds. The maximum atomic E-state index is 5.86. The van der Waals surface area contributed by atoms with Crippen molar-refractivity contribution in [2.45, 2.75) is 18.4 Å². The quantitative estimate of drug-likeness (QED) is 0.762. The highest BCUT2D eigenvalue weighted by Crippen LogP contribution is 2.37. The van der Waals surface area contributed by atoms with Gasteiger partial charge in [-0.2, -0.15) is 0 Å². The first-order chi connectivity index (χ1) is 7.86. The van der Waals surface area contributed by atoms with E-state index in [1.165, 1.54) is 5.56 Å². The largest absolute Gasteiger partial charge is 0.483 e. The van der Waals surface area contributed by atoms with Crippen molar-refractivity contribution in [2.75, 3.05) is 0 Å². The van der Waals surface area contributed by atoms with Gasteiger partial charge in [-0.25, -0.2) is 4.98 Å². The number of halogens is 1. The van der Waals surface area contributed by atoms with Crippen molar-refractivity contribution in [1.82, 2.24) is 4.98 Å². The molecule has 1 aliphatic heterocycles. The van der Waals surface area contributed by atoms with E-state index in [9.17, 15) is 0 Å². The minimum Gasteiger partial charge on any atom is -0.483 e. The highest BCUT2D eigenvalue weighted by Gasteiger charge is 2.26. The summed E-state index contributed by atoms with van der Waals surface area (Å²) in [5.74, 6) is 1.45. The van der Waals surface area contributed by atoms with Crippen molar-refractivity contribution in [3.8, 4) is 5.75 Å². The molecule has 1 atom stereocenters. The number of fused-ring (bicyclic) bond motifs is 1. The van der Waals surface area contributed by atoms with Gasteiger partial charge in [0.1, 0.15) is 10.8 Å². The predicted octanol–water partition coefficient (Wildman–Crippen LogP) is 3.56.